The molecule has 0 spiro atoms. The molecule has 2 aliphatic rings. The van der Waals surface area contributed by atoms with Crippen molar-refractivity contribution in [2.45, 2.75) is 63.3 Å². The molecule has 2 fully saturated rings. The number of hydrogen-bond acceptors (Lipinski definition) is 3. The first kappa shape index (κ1) is 11.4. The Kier molecular flexibility index (Phi) is 4.00. The summed E-state index contributed by atoms with van der Waals surface area (Å²) in [5, 5.41) is 18.6. The second-order valence-electron chi connectivity index (χ2n) is 5.02. The van der Waals surface area contributed by atoms with Crippen LogP contribution < -0.4 is 0 Å². The van der Waals surface area contributed by atoms with Gasteiger partial charge in [0.1, 0.15) is 6.10 Å². The topological polar surface area (TPSA) is 49.7 Å². The highest BCUT2D eigenvalue weighted by Gasteiger charge is 2.34. The Morgan fingerprint density at radius 2 is 1.87 bits per heavy atom. The maximum atomic E-state index is 9.60. The highest BCUT2D eigenvalue weighted by Crippen LogP contribution is 2.32. The van der Waals surface area contributed by atoms with Crippen LogP contribution in [0.25, 0.3) is 0 Å². The molecule has 0 amide bonds. The molecule has 3 atom stereocenters. The minimum atomic E-state index is -0.455. The van der Waals surface area contributed by atoms with Gasteiger partial charge in [0.25, 0.3) is 0 Å². The normalized spacial score (nSPS) is 38.4. The van der Waals surface area contributed by atoms with Crippen molar-refractivity contribution < 1.29 is 14.9 Å². The molecular weight excluding hydrogens is 192 g/mol. The molecule has 0 bridgehead atoms. The van der Waals surface area contributed by atoms with E-state index >= 15 is 0 Å². The van der Waals surface area contributed by atoms with Crippen LogP contribution in [0.2, 0.25) is 0 Å². The molecule has 2 unspecified atom stereocenters. The van der Waals surface area contributed by atoms with Gasteiger partial charge in [-0.3, -0.25) is 0 Å². The van der Waals surface area contributed by atoms with E-state index in [-0.39, 0.29) is 18.8 Å². The minimum Gasteiger partial charge on any atom is -0.394 e. The molecule has 0 radical (unpaired) electrons. The summed E-state index contributed by atoms with van der Waals surface area (Å²) in [5.74, 6) is 0.786. The van der Waals surface area contributed by atoms with Crippen LogP contribution in [-0.2, 0) is 4.74 Å². The van der Waals surface area contributed by atoms with Crippen molar-refractivity contribution in [1.29, 1.82) is 0 Å². The second-order valence-corrected chi connectivity index (χ2v) is 5.02. The largest absolute Gasteiger partial charge is 0.394 e. The third-order valence-electron chi connectivity index (χ3n) is 3.80. The van der Waals surface area contributed by atoms with Crippen molar-refractivity contribution in [1.82, 2.24) is 0 Å². The lowest BCUT2D eigenvalue weighted by Gasteiger charge is -2.24. The first-order valence-corrected chi connectivity index (χ1v) is 6.24. The lowest BCUT2D eigenvalue weighted by atomic mass is 9.85. The third kappa shape index (κ3) is 2.92. The Balaban J connectivity index is 1.75. The predicted molar refractivity (Wildman–Crippen MR) is 57.6 cm³/mol. The predicted octanol–water partition coefficient (Wildman–Crippen LogP) is 1.47. The lowest BCUT2D eigenvalue weighted by molar-refractivity contribution is -0.0287. The Labute approximate surface area is 91.4 Å². The summed E-state index contributed by atoms with van der Waals surface area (Å²) in [6.07, 6.45) is 7.90. The minimum absolute atomic E-state index is 0.0532. The summed E-state index contributed by atoms with van der Waals surface area (Å²) < 4.78 is 5.63. The maximum Gasteiger partial charge on any atom is 0.107 e. The Morgan fingerprint density at radius 1 is 1.13 bits per heavy atom. The summed E-state index contributed by atoms with van der Waals surface area (Å²) in [6.45, 7) is -0.0532. The smallest absolute Gasteiger partial charge is 0.107 e. The number of ether oxygens (including phenoxy) is 1. The molecule has 1 saturated carbocycles. The zero-order valence-electron chi connectivity index (χ0n) is 9.27. The fourth-order valence-electron chi connectivity index (χ4n) is 2.93. The fourth-order valence-corrected chi connectivity index (χ4v) is 2.93. The van der Waals surface area contributed by atoms with Gasteiger partial charge in [-0.1, -0.05) is 32.1 Å². The van der Waals surface area contributed by atoms with Crippen LogP contribution in [-0.4, -0.2) is 35.1 Å². The number of aliphatic hydroxyl groups is 2. The summed E-state index contributed by atoms with van der Waals surface area (Å²) in [5.41, 5.74) is 0. The molecule has 88 valence electrons. The molecule has 3 nitrogen and oxygen atoms in total. The first-order valence-electron chi connectivity index (χ1n) is 6.24. The number of hydrogen-bond donors (Lipinski definition) is 2. The van der Waals surface area contributed by atoms with E-state index in [9.17, 15) is 5.11 Å². The van der Waals surface area contributed by atoms with Gasteiger partial charge in [0.15, 0.2) is 0 Å². The van der Waals surface area contributed by atoms with E-state index in [1.54, 1.807) is 0 Å². The van der Waals surface area contributed by atoms with Crippen LogP contribution >= 0.6 is 0 Å². The molecule has 3 heteroatoms. The molecule has 15 heavy (non-hydrogen) atoms. The summed E-state index contributed by atoms with van der Waals surface area (Å²) in [4.78, 5) is 0. The Morgan fingerprint density at radius 3 is 2.47 bits per heavy atom. The van der Waals surface area contributed by atoms with Crippen molar-refractivity contribution in [3.8, 4) is 0 Å². The third-order valence-corrected chi connectivity index (χ3v) is 3.80. The quantitative estimate of drug-likeness (QED) is 0.748. The van der Waals surface area contributed by atoms with Gasteiger partial charge >= 0.3 is 0 Å². The van der Waals surface area contributed by atoms with Gasteiger partial charge in [0.05, 0.1) is 18.8 Å². The van der Waals surface area contributed by atoms with E-state index < -0.39 is 6.10 Å². The monoisotopic (exact) mass is 214 g/mol. The van der Waals surface area contributed by atoms with E-state index in [0.717, 1.165) is 12.3 Å². The Hall–Kier alpha value is -0.120. The number of aliphatic hydroxyl groups excluding tert-OH is 2. The molecular formula is C12H22O3. The molecule has 0 aromatic heterocycles. The summed E-state index contributed by atoms with van der Waals surface area (Å²) >= 11 is 0. The van der Waals surface area contributed by atoms with Crippen LogP contribution in [0.3, 0.4) is 0 Å². The molecule has 0 aromatic carbocycles. The summed E-state index contributed by atoms with van der Waals surface area (Å²) in [7, 11) is 0. The van der Waals surface area contributed by atoms with Crippen molar-refractivity contribution in [3.63, 3.8) is 0 Å². The van der Waals surface area contributed by atoms with Crippen molar-refractivity contribution in [2.75, 3.05) is 6.61 Å². The average Bonchev–Trinajstić information content (AvgIpc) is 2.60. The molecule has 1 aliphatic heterocycles. The van der Waals surface area contributed by atoms with E-state index in [4.69, 9.17) is 9.84 Å². The molecule has 1 heterocycles. The van der Waals surface area contributed by atoms with Crippen molar-refractivity contribution >= 4 is 0 Å². The van der Waals surface area contributed by atoms with Crippen LogP contribution in [0, 0.1) is 5.92 Å². The molecule has 2 rings (SSSR count). The van der Waals surface area contributed by atoms with Gasteiger partial charge in [-0.05, 0) is 12.3 Å². The summed E-state index contributed by atoms with van der Waals surface area (Å²) in [6, 6.07) is 0. The standard InChI is InChI=1S/C12H22O3/c13-8-12-11(14)7-10(15-12)6-9-4-2-1-3-5-9/h9-14H,1-8H2/t10?,11-,12?/m1/s1. The van der Waals surface area contributed by atoms with Gasteiger partial charge in [-0.2, -0.15) is 0 Å². The average molecular weight is 214 g/mol. The maximum absolute atomic E-state index is 9.60. The highest BCUT2D eigenvalue weighted by molar-refractivity contribution is 4.83. The SMILES string of the molecule is OCC1OC(CC2CCCCC2)C[C@H]1O. The lowest BCUT2D eigenvalue weighted by Crippen LogP contribution is -2.24. The zero-order valence-corrected chi connectivity index (χ0v) is 9.27. The van der Waals surface area contributed by atoms with Crippen LogP contribution in [0.15, 0.2) is 0 Å². The molecule has 2 N–H and O–H groups in total. The van der Waals surface area contributed by atoms with E-state index in [0.29, 0.717) is 6.42 Å². The molecule has 1 aliphatic carbocycles. The van der Waals surface area contributed by atoms with Gasteiger partial charge in [0.2, 0.25) is 0 Å². The Bertz CT molecular complexity index is 189. The zero-order chi connectivity index (χ0) is 10.7. The fraction of sp³-hybridized carbons (Fsp3) is 1.00. The van der Waals surface area contributed by atoms with Crippen molar-refractivity contribution in [3.05, 3.63) is 0 Å². The van der Waals surface area contributed by atoms with Gasteiger partial charge in [0, 0.05) is 6.42 Å². The number of rotatable bonds is 3. The van der Waals surface area contributed by atoms with Gasteiger partial charge in [-0.15, -0.1) is 0 Å². The van der Waals surface area contributed by atoms with Gasteiger partial charge in [-0.25, -0.2) is 0 Å². The molecule has 0 aromatic rings. The first-order chi connectivity index (χ1) is 7.29. The van der Waals surface area contributed by atoms with E-state index in [1.807, 2.05) is 0 Å². The van der Waals surface area contributed by atoms with Crippen molar-refractivity contribution in [2.24, 2.45) is 5.92 Å². The van der Waals surface area contributed by atoms with E-state index in [2.05, 4.69) is 0 Å². The van der Waals surface area contributed by atoms with Crippen LogP contribution in [0.1, 0.15) is 44.9 Å². The van der Waals surface area contributed by atoms with Gasteiger partial charge < -0.3 is 14.9 Å². The van der Waals surface area contributed by atoms with Crippen LogP contribution in [0.5, 0.6) is 0 Å². The van der Waals surface area contributed by atoms with E-state index in [1.165, 1.54) is 32.1 Å². The van der Waals surface area contributed by atoms with Crippen LogP contribution in [0.4, 0.5) is 0 Å². The highest BCUT2D eigenvalue weighted by atomic mass is 16.5. The molecule has 1 saturated heterocycles. The second kappa shape index (κ2) is 5.28.